The summed E-state index contributed by atoms with van der Waals surface area (Å²) in [5.74, 6) is -1.66. The highest BCUT2D eigenvalue weighted by molar-refractivity contribution is 6.24. The molecule has 0 atom stereocenters. The van der Waals surface area contributed by atoms with Crippen molar-refractivity contribution in [2.75, 3.05) is 0 Å². The molecular weight excluding hydrogens is 352 g/mol. The lowest BCUT2D eigenvalue weighted by Crippen LogP contribution is -2.19. The number of nitrogens with one attached hydrogen (secondary N) is 1. The maximum Gasteiger partial charge on any atom is 0.353 e. The lowest BCUT2D eigenvalue weighted by atomic mass is 10.1. The molecule has 0 aromatic heterocycles. The number of aliphatic carboxylic acids is 1. The van der Waals surface area contributed by atoms with Crippen molar-refractivity contribution in [3.63, 3.8) is 0 Å². The van der Waals surface area contributed by atoms with E-state index in [-0.39, 0.29) is 5.70 Å². The van der Waals surface area contributed by atoms with E-state index in [0.29, 0.717) is 11.3 Å². The van der Waals surface area contributed by atoms with Gasteiger partial charge in [-0.05, 0) is 11.1 Å². The van der Waals surface area contributed by atoms with E-state index in [4.69, 9.17) is 0 Å². The molecule has 5 nitrogen and oxygen atoms in total. The van der Waals surface area contributed by atoms with Crippen molar-refractivity contribution in [1.82, 2.24) is 5.43 Å². The van der Waals surface area contributed by atoms with Crippen LogP contribution in [0.2, 0.25) is 0 Å². The van der Waals surface area contributed by atoms with Gasteiger partial charge in [0.25, 0.3) is 0 Å². The van der Waals surface area contributed by atoms with Crippen LogP contribution in [0, 0.1) is 0 Å². The lowest BCUT2D eigenvalue weighted by molar-refractivity contribution is -0.133. The number of allylic oxidation sites excluding steroid dienone is 1. The Morgan fingerprint density at radius 1 is 0.750 bits per heavy atom. The second kappa shape index (κ2) is 7.32. The first-order chi connectivity index (χ1) is 13.6. The van der Waals surface area contributed by atoms with Gasteiger partial charge in [-0.3, -0.25) is 10.2 Å². The number of benzene rings is 3. The van der Waals surface area contributed by atoms with Crippen LogP contribution in [0.15, 0.2) is 95.7 Å². The summed E-state index contributed by atoms with van der Waals surface area (Å²) < 4.78 is 0. The molecule has 0 fully saturated rings. The number of hydrazone groups is 1. The first-order valence-electron chi connectivity index (χ1n) is 8.72. The van der Waals surface area contributed by atoms with Crippen LogP contribution in [-0.2, 0) is 4.79 Å². The molecule has 3 aromatic rings. The Bertz CT molecular complexity index is 1080. The molecule has 0 spiro atoms. The lowest BCUT2D eigenvalue weighted by Gasteiger charge is -2.05. The van der Waals surface area contributed by atoms with Crippen LogP contribution in [-0.4, -0.2) is 22.6 Å². The molecule has 0 saturated carbocycles. The van der Waals surface area contributed by atoms with Gasteiger partial charge in [-0.1, -0.05) is 78.9 Å². The highest BCUT2D eigenvalue weighted by atomic mass is 16.4. The fraction of sp³-hybridized carbons (Fsp3) is 0. The van der Waals surface area contributed by atoms with E-state index in [1.54, 1.807) is 30.3 Å². The fourth-order valence-corrected chi connectivity index (χ4v) is 3.19. The zero-order chi connectivity index (χ0) is 19.5. The molecule has 1 aliphatic rings. The molecule has 3 aromatic carbocycles. The number of carboxylic acid groups (broad SMARTS) is 1. The highest BCUT2D eigenvalue weighted by Crippen LogP contribution is 2.36. The molecule has 0 heterocycles. The zero-order valence-corrected chi connectivity index (χ0v) is 14.8. The van der Waals surface area contributed by atoms with Gasteiger partial charge < -0.3 is 5.11 Å². The van der Waals surface area contributed by atoms with Crippen molar-refractivity contribution in [3.8, 4) is 11.1 Å². The normalized spacial score (nSPS) is 12.1. The first kappa shape index (κ1) is 17.4. The van der Waals surface area contributed by atoms with Crippen LogP contribution in [0.25, 0.3) is 11.1 Å². The largest absolute Gasteiger partial charge is 0.477 e. The third-order valence-corrected chi connectivity index (χ3v) is 4.51. The van der Waals surface area contributed by atoms with Gasteiger partial charge in [0, 0.05) is 22.8 Å². The number of carbonyl (C=O) groups excluding carboxylic acids is 1. The maximum atomic E-state index is 12.3. The molecule has 0 aliphatic heterocycles. The molecule has 0 amide bonds. The summed E-state index contributed by atoms with van der Waals surface area (Å²) in [5, 5.41) is 13.8. The molecule has 28 heavy (non-hydrogen) atoms. The predicted octanol–water partition coefficient (Wildman–Crippen LogP) is 3.86. The van der Waals surface area contributed by atoms with Gasteiger partial charge >= 0.3 is 5.97 Å². The van der Waals surface area contributed by atoms with E-state index in [9.17, 15) is 14.7 Å². The summed E-state index contributed by atoms with van der Waals surface area (Å²) in [6.07, 6.45) is 1.05. The van der Waals surface area contributed by atoms with E-state index < -0.39 is 11.8 Å². The number of hydrogen-bond donors (Lipinski definition) is 2. The van der Waals surface area contributed by atoms with Gasteiger partial charge in [0.05, 0.1) is 5.71 Å². The van der Waals surface area contributed by atoms with Gasteiger partial charge in [-0.2, -0.15) is 5.10 Å². The minimum absolute atomic E-state index is 0.289. The molecule has 0 saturated heterocycles. The Morgan fingerprint density at radius 3 is 1.79 bits per heavy atom. The van der Waals surface area contributed by atoms with Crippen LogP contribution in [0.4, 0.5) is 0 Å². The fourth-order valence-electron chi connectivity index (χ4n) is 3.19. The summed E-state index contributed by atoms with van der Waals surface area (Å²) >= 11 is 0. The molecule has 1 aliphatic carbocycles. The van der Waals surface area contributed by atoms with Crippen LogP contribution in [0.1, 0.15) is 21.5 Å². The molecule has 0 radical (unpaired) electrons. The topological polar surface area (TPSA) is 78.8 Å². The van der Waals surface area contributed by atoms with Crippen molar-refractivity contribution < 1.29 is 14.7 Å². The van der Waals surface area contributed by atoms with Crippen molar-refractivity contribution in [3.05, 3.63) is 107 Å². The average Bonchev–Trinajstić information content (AvgIpc) is 3.05. The number of carbonyl (C=O) groups is 2. The molecule has 0 unspecified atom stereocenters. The van der Waals surface area contributed by atoms with E-state index in [1.807, 2.05) is 48.5 Å². The number of nitrogens with zero attached hydrogens (tertiary/aromatic N) is 1. The number of ketones is 1. The van der Waals surface area contributed by atoms with Gasteiger partial charge in [0.1, 0.15) is 5.70 Å². The summed E-state index contributed by atoms with van der Waals surface area (Å²) in [5.41, 5.74) is 7.24. The Labute approximate surface area is 161 Å². The second-order valence-electron chi connectivity index (χ2n) is 6.26. The number of fused-ring (bicyclic) bond motifs is 3. The van der Waals surface area contributed by atoms with Crippen LogP contribution in [0.5, 0.6) is 0 Å². The van der Waals surface area contributed by atoms with Crippen molar-refractivity contribution in [2.24, 2.45) is 5.10 Å². The van der Waals surface area contributed by atoms with Crippen molar-refractivity contribution >= 4 is 17.5 Å². The van der Waals surface area contributed by atoms with Crippen LogP contribution in [0.3, 0.4) is 0 Å². The predicted molar refractivity (Wildman–Crippen MR) is 107 cm³/mol. The Balaban J connectivity index is 1.70. The summed E-state index contributed by atoms with van der Waals surface area (Å²) in [6.45, 7) is 0. The summed E-state index contributed by atoms with van der Waals surface area (Å²) in [4.78, 5) is 23.9. The van der Waals surface area contributed by atoms with E-state index in [2.05, 4.69) is 10.5 Å². The minimum Gasteiger partial charge on any atom is -0.477 e. The smallest absolute Gasteiger partial charge is 0.353 e. The molecule has 4 rings (SSSR count). The average molecular weight is 368 g/mol. The molecular formula is C23H16N2O3. The SMILES string of the molecule is O=C(O)C(=CC(=O)c1ccccc1)NN=C1c2ccccc2-c2ccccc21. The maximum absolute atomic E-state index is 12.3. The second-order valence-corrected chi connectivity index (χ2v) is 6.26. The molecule has 136 valence electrons. The van der Waals surface area contributed by atoms with Crippen molar-refractivity contribution in [1.29, 1.82) is 0 Å². The standard InChI is InChI=1S/C23H16N2O3/c26-21(15-8-2-1-3-9-15)14-20(23(27)28)24-25-22-18-12-6-4-10-16(18)17-11-5-7-13-19(17)22/h1-14,24H,(H,27,28). The third-order valence-electron chi connectivity index (χ3n) is 4.51. The summed E-state index contributed by atoms with van der Waals surface area (Å²) in [7, 11) is 0. The van der Waals surface area contributed by atoms with Gasteiger partial charge in [0.15, 0.2) is 5.78 Å². The molecule has 0 bridgehead atoms. The van der Waals surface area contributed by atoms with E-state index in [1.165, 1.54) is 0 Å². The first-order valence-corrected chi connectivity index (χ1v) is 8.72. The van der Waals surface area contributed by atoms with E-state index >= 15 is 0 Å². The van der Waals surface area contributed by atoms with Crippen molar-refractivity contribution in [2.45, 2.75) is 0 Å². The third kappa shape index (κ3) is 3.21. The Hall–Kier alpha value is -3.99. The Kier molecular flexibility index (Phi) is 4.56. The highest BCUT2D eigenvalue weighted by Gasteiger charge is 2.24. The van der Waals surface area contributed by atoms with Crippen LogP contribution >= 0.6 is 0 Å². The summed E-state index contributed by atoms with van der Waals surface area (Å²) in [6, 6.07) is 24.1. The number of carboxylic acids is 1. The number of rotatable bonds is 5. The molecule has 5 heteroatoms. The van der Waals surface area contributed by atoms with Gasteiger partial charge in [-0.25, -0.2) is 4.79 Å². The molecule has 2 N–H and O–H groups in total. The van der Waals surface area contributed by atoms with Crippen LogP contribution < -0.4 is 5.43 Å². The number of hydrogen-bond acceptors (Lipinski definition) is 4. The zero-order valence-electron chi connectivity index (χ0n) is 14.8. The quantitative estimate of drug-likeness (QED) is 0.318. The van der Waals surface area contributed by atoms with Gasteiger partial charge in [0.2, 0.25) is 0 Å². The minimum atomic E-state index is -1.26. The monoisotopic (exact) mass is 368 g/mol. The van der Waals surface area contributed by atoms with E-state index in [0.717, 1.165) is 28.3 Å². The Morgan fingerprint density at radius 2 is 1.25 bits per heavy atom. The van der Waals surface area contributed by atoms with Gasteiger partial charge in [-0.15, -0.1) is 0 Å².